The van der Waals surface area contributed by atoms with Crippen LogP contribution in [0.25, 0.3) is 0 Å². The molecule has 0 radical (unpaired) electrons. The van der Waals surface area contributed by atoms with Crippen LogP contribution in [0.4, 0.5) is 13.2 Å². The van der Waals surface area contributed by atoms with Gasteiger partial charge in [0, 0.05) is 5.56 Å². The van der Waals surface area contributed by atoms with Crippen LogP contribution in [0.3, 0.4) is 0 Å². The topological polar surface area (TPSA) is 8.88 Å². The Bertz CT molecular complexity index is 451. The summed E-state index contributed by atoms with van der Waals surface area (Å²) in [5.74, 6) is 0. The lowest BCUT2D eigenvalue weighted by molar-refractivity contribution is -1.03. The van der Waals surface area contributed by atoms with Gasteiger partial charge in [-0.25, -0.2) is 0 Å². The van der Waals surface area contributed by atoms with Crippen molar-refractivity contribution in [2.24, 2.45) is 0 Å². The molecule has 2 nitrogen and oxygen atoms in total. The number of halogens is 3. The van der Waals surface area contributed by atoms with Crippen LogP contribution in [0, 0.1) is 0 Å². The smallest absolute Gasteiger partial charge is 0.323 e. The van der Waals surface area contributed by atoms with Crippen LogP contribution in [0.2, 0.25) is 0 Å². The SMILES string of the molecule is CCC(C)[NH+]1CC[NH+](Cc2ccccc2C(F)(F)F)CC1. The predicted molar refractivity (Wildman–Crippen MR) is 76.3 cm³/mol. The summed E-state index contributed by atoms with van der Waals surface area (Å²) >= 11 is 0. The van der Waals surface area contributed by atoms with Crippen LogP contribution < -0.4 is 9.80 Å². The first-order valence-corrected chi connectivity index (χ1v) is 7.75. The molecule has 0 bridgehead atoms. The van der Waals surface area contributed by atoms with Gasteiger partial charge in [0.2, 0.25) is 0 Å². The molecule has 1 aromatic rings. The molecule has 1 aliphatic heterocycles. The van der Waals surface area contributed by atoms with E-state index in [2.05, 4.69) is 13.8 Å². The van der Waals surface area contributed by atoms with Crippen molar-refractivity contribution in [2.75, 3.05) is 26.2 Å². The largest absolute Gasteiger partial charge is 0.416 e. The highest BCUT2D eigenvalue weighted by molar-refractivity contribution is 5.28. The molecule has 0 spiro atoms. The van der Waals surface area contributed by atoms with Crippen molar-refractivity contribution < 1.29 is 23.0 Å². The molecule has 2 N–H and O–H groups in total. The second-order valence-corrected chi connectivity index (χ2v) is 6.05. The lowest BCUT2D eigenvalue weighted by atomic mass is 10.1. The Balaban J connectivity index is 1.98. The van der Waals surface area contributed by atoms with Gasteiger partial charge in [-0.1, -0.05) is 25.1 Å². The van der Waals surface area contributed by atoms with E-state index in [-0.39, 0.29) is 0 Å². The monoisotopic (exact) mass is 302 g/mol. The summed E-state index contributed by atoms with van der Waals surface area (Å²) in [4.78, 5) is 2.85. The molecule has 0 saturated carbocycles. The Morgan fingerprint density at radius 1 is 1.10 bits per heavy atom. The molecule has 21 heavy (non-hydrogen) atoms. The molecule has 1 aromatic carbocycles. The molecule has 0 aliphatic carbocycles. The number of nitrogens with one attached hydrogen (secondary N) is 2. The van der Waals surface area contributed by atoms with Crippen LogP contribution >= 0.6 is 0 Å². The molecule has 1 heterocycles. The molecular weight excluding hydrogens is 277 g/mol. The maximum absolute atomic E-state index is 13.0. The number of rotatable bonds is 4. The molecule has 0 aromatic heterocycles. The summed E-state index contributed by atoms with van der Waals surface area (Å²) in [5, 5.41) is 0. The molecule has 1 aliphatic rings. The average molecular weight is 302 g/mol. The van der Waals surface area contributed by atoms with Gasteiger partial charge in [-0.05, 0) is 19.4 Å². The fourth-order valence-corrected chi connectivity index (χ4v) is 3.10. The van der Waals surface area contributed by atoms with Crippen LogP contribution in [0.1, 0.15) is 31.4 Å². The Morgan fingerprint density at radius 3 is 2.29 bits per heavy atom. The van der Waals surface area contributed by atoms with Crippen LogP contribution in [-0.2, 0) is 12.7 Å². The molecule has 0 amide bonds. The second-order valence-electron chi connectivity index (χ2n) is 6.05. The fourth-order valence-electron chi connectivity index (χ4n) is 3.10. The van der Waals surface area contributed by atoms with Crippen molar-refractivity contribution >= 4 is 0 Å². The van der Waals surface area contributed by atoms with Gasteiger partial charge in [-0.2, -0.15) is 13.2 Å². The van der Waals surface area contributed by atoms with Crippen molar-refractivity contribution in [3.63, 3.8) is 0 Å². The number of hydrogen-bond acceptors (Lipinski definition) is 0. The van der Waals surface area contributed by atoms with E-state index in [1.54, 1.807) is 17.0 Å². The highest BCUT2D eigenvalue weighted by atomic mass is 19.4. The van der Waals surface area contributed by atoms with Crippen LogP contribution in [-0.4, -0.2) is 32.2 Å². The average Bonchev–Trinajstić information content (AvgIpc) is 2.47. The minimum atomic E-state index is -4.25. The summed E-state index contributed by atoms with van der Waals surface area (Å²) in [5.41, 5.74) is -0.0545. The predicted octanol–water partition coefficient (Wildman–Crippen LogP) is 0.787. The first-order valence-electron chi connectivity index (χ1n) is 7.75. The van der Waals surface area contributed by atoms with E-state index in [0.717, 1.165) is 32.6 Å². The third-order valence-corrected chi connectivity index (χ3v) is 4.67. The third-order valence-electron chi connectivity index (χ3n) is 4.67. The van der Waals surface area contributed by atoms with E-state index < -0.39 is 11.7 Å². The molecular formula is C16H25F3N2+2. The number of piperazine rings is 1. The number of alkyl halides is 3. The summed E-state index contributed by atoms with van der Waals surface area (Å²) in [7, 11) is 0. The Labute approximate surface area is 124 Å². The molecule has 1 saturated heterocycles. The van der Waals surface area contributed by atoms with E-state index >= 15 is 0 Å². The van der Waals surface area contributed by atoms with Gasteiger partial charge >= 0.3 is 6.18 Å². The minimum absolute atomic E-state index is 0.423. The van der Waals surface area contributed by atoms with Gasteiger partial charge in [-0.15, -0.1) is 0 Å². The van der Waals surface area contributed by atoms with Gasteiger partial charge in [0.15, 0.2) is 0 Å². The molecule has 1 atom stereocenters. The summed E-state index contributed by atoms with van der Waals surface area (Å²) < 4.78 is 39.0. The number of hydrogen-bond donors (Lipinski definition) is 2. The second kappa shape index (κ2) is 6.79. The van der Waals surface area contributed by atoms with Gasteiger partial charge in [0.25, 0.3) is 0 Å². The Morgan fingerprint density at radius 2 is 1.71 bits per heavy atom. The van der Waals surface area contributed by atoms with E-state index in [9.17, 15) is 13.2 Å². The van der Waals surface area contributed by atoms with E-state index in [0.29, 0.717) is 18.2 Å². The third kappa shape index (κ3) is 4.20. The number of benzene rings is 1. The van der Waals surface area contributed by atoms with Crippen LogP contribution in [0.5, 0.6) is 0 Å². The lowest BCUT2D eigenvalue weighted by Crippen LogP contribution is -3.29. The molecule has 118 valence electrons. The van der Waals surface area contributed by atoms with Crippen molar-refractivity contribution in [1.82, 2.24) is 0 Å². The highest BCUT2D eigenvalue weighted by Crippen LogP contribution is 2.31. The number of quaternary nitrogens is 2. The van der Waals surface area contributed by atoms with Gasteiger partial charge in [0.05, 0.1) is 11.6 Å². The normalized spacial score (nSPS) is 24.8. The Kier molecular flexibility index (Phi) is 5.27. The van der Waals surface area contributed by atoms with E-state index in [1.807, 2.05) is 0 Å². The summed E-state index contributed by atoms with van der Waals surface area (Å²) in [6.45, 7) is 8.92. The minimum Gasteiger partial charge on any atom is -0.323 e. The van der Waals surface area contributed by atoms with Crippen molar-refractivity contribution in [3.8, 4) is 0 Å². The first-order chi connectivity index (χ1) is 9.91. The fraction of sp³-hybridized carbons (Fsp3) is 0.625. The summed E-state index contributed by atoms with van der Waals surface area (Å²) in [6.07, 6.45) is -3.10. The molecule has 2 rings (SSSR count). The van der Waals surface area contributed by atoms with Crippen molar-refractivity contribution in [3.05, 3.63) is 35.4 Å². The van der Waals surface area contributed by atoms with Crippen molar-refractivity contribution in [2.45, 2.75) is 39.0 Å². The van der Waals surface area contributed by atoms with E-state index in [4.69, 9.17) is 0 Å². The standard InChI is InChI=1S/C16H23F3N2/c1-3-13(2)21-10-8-20(9-11-21)12-14-6-4-5-7-15(14)16(17,18)19/h4-7,13H,3,8-12H2,1-2H3/p+2. The van der Waals surface area contributed by atoms with E-state index in [1.165, 1.54) is 17.0 Å². The zero-order chi connectivity index (χ0) is 15.5. The molecule has 5 heteroatoms. The van der Waals surface area contributed by atoms with Crippen LogP contribution in [0.15, 0.2) is 24.3 Å². The zero-order valence-corrected chi connectivity index (χ0v) is 12.8. The van der Waals surface area contributed by atoms with Gasteiger partial charge in [-0.3, -0.25) is 0 Å². The van der Waals surface area contributed by atoms with Gasteiger partial charge in [0.1, 0.15) is 32.7 Å². The zero-order valence-electron chi connectivity index (χ0n) is 12.8. The van der Waals surface area contributed by atoms with Crippen molar-refractivity contribution in [1.29, 1.82) is 0 Å². The first kappa shape index (κ1) is 16.3. The lowest BCUT2D eigenvalue weighted by Gasteiger charge is -2.33. The quantitative estimate of drug-likeness (QED) is 0.814. The van der Waals surface area contributed by atoms with Gasteiger partial charge < -0.3 is 9.80 Å². The molecule has 1 fully saturated rings. The maximum atomic E-state index is 13.0. The highest BCUT2D eigenvalue weighted by Gasteiger charge is 2.34. The summed E-state index contributed by atoms with van der Waals surface area (Å²) in [6, 6.07) is 6.62. The maximum Gasteiger partial charge on any atom is 0.416 e. The molecule has 1 unspecified atom stereocenters. The Hall–Kier alpha value is -1.07.